The van der Waals surface area contributed by atoms with Gasteiger partial charge in [0.25, 0.3) is 5.91 Å². The molecule has 2 heterocycles. The SMILES string of the molecule is CNC(=O)c1nnc(NC(=O)OC)cc1Nc1cccc(-c2noc(CN(C)S(C)(=O)=O)n2)c1OC. The van der Waals surface area contributed by atoms with E-state index >= 15 is 0 Å². The van der Waals surface area contributed by atoms with Crippen LogP contribution in [0.2, 0.25) is 0 Å². The van der Waals surface area contributed by atoms with Crippen LogP contribution < -0.4 is 20.7 Å². The summed E-state index contributed by atoms with van der Waals surface area (Å²) in [6.07, 6.45) is 0.298. The van der Waals surface area contributed by atoms with Crippen molar-refractivity contribution in [3.63, 3.8) is 0 Å². The number of rotatable bonds is 9. The smallest absolute Gasteiger partial charge is 0.412 e. The van der Waals surface area contributed by atoms with Crippen LogP contribution in [0.25, 0.3) is 11.4 Å². The molecule has 3 aromatic rings. The minimum Gasteiger partial charge on any atom is -0.494 e. The van der Waals surface area contributed by atoms with Crippen LogP contribution in [0.5, 0.6) is 5.75 Å². The van der Waals surface area contributed by atoms with Crippen LogP contribution in [0.15, 0.2) is 28.8 Å². The Bertz CT molecular complexity index is 1380. The molecule has 0 unspecified atom stereocenters. The van der Waals surface area contributed by atoms with Gasteiger partial charge in [-0.3, -0.25) is 10.1 Å². The number of carbonyl (C=O) groups excluding carboxylic acids is 2. The van der Waals surface area contributed by atoms with Crippen LogP contribution in [0, 0.1) is 0 Å². The van der Waals surface area contributed by atoms with Gasteiger partial charge in [0.15, 0.2) is 17.3 Å². The van der Waals surface area contributed by atoms with E-state index in [-0.39, 0.29) is 35.5 Å². The van der Waals surface area contributed by atoms with E-state index in [9.17, 15) is 18.0 Å². The number of benzene rings is 1. The Kier molecular flexibility index (Phi) is 8.00. The highest BCUT2D eigenvalue weighted by atomic mass is 32.2. The third-order valence-electron chi connectivity index (χ3n) is 4.77. The third-order valence-corrected chi connectivity index (χ3v) is 6.03. The quantitative estimate of drug-likeness (QED) is 0.366. The topological polar surface area (TPSA) is 191 Å². The second-order valence-electron chi connectivity index (χ2n) is 7.23. The molecular weight excluding hydrogens is 496 g/mol. The highest BCUT2D eigenvalue weighted by Gasteiger charge is 2.21. The van der Waals surface area contributed by atoms with Gasteiger partial charge in [-0.2, -0.15) is 9.29 Å². The van der Waals surface area contributed by atoms with Crippen molar-refractivity contribution >= 4 is 39.2 Å². The van der Waals surface area contributed by atoms with Crippen molar-refractivity contribution in [1.29, 1.82) is 0 Å². The van der Waals surface area contributed by atoms with Crippen LogP contribution in [-0.2, 0) is 21.3 Å². The number of amides is 2. The molecule has 0 saturated heterocycles. The molecule has 3 N–H and O–H groups in total. The molecule has 1 aromatic carbocycles. The standard InChI is InChI=1S/C20H24N8O7S/c1-21-19(29)16-13(9-14(25-26-16)23-20(30)34-4)22-12-8-6-7-11(17(12)33-3)18-24-15(35-27-18)10-28(2)36(5,31)32/h6-9H,10H2,1-5H3,(H,21,29)(H2,22,23,25,30). The van der Waals surface area contributed by atoms with Gasteiger partial charge in [-0.15, -0.1) is 10.2 Å². The van der Waals surface area contributed by atoms with Crippen molar-refractivity contribution in [3.8, 4) is 17.1 Å². The van der Waals surface area contributed by atoms with Crippen LogP contribution in [0.4, 0.5) is 22.0 Å². The third kappa shape index (κ3) is 6.02. The van der Waals surface area contributed by atoms with E-state index in [0.717, 1.165) is 10.6 Å². The molecule has 0 saturated carbocycles. The molecular formula is C20H24N8O7S. The lowest BCUT2D eigenvalue weighted by atomic mass is 10.1. The summed E-state index contributed by atoms with van der Waals surface area (Å²) in [5.41, 5.74) is 0.980. The van der Waals surface area contributed by atoms with E-state index in [1.54, 1.807) is 18.2 Å². The normalized spacial score (nSPS) is 11.2. The fourth-order valence-electron chi connectivity index (χ4n) is 2.90. The number of anilines is 3. The molecule has 3 rings (SSSR count). The Morgan fingerprint density at radius 3 is 2.56 bits per heavy atom. The summed E-state index contributed by atoms with van der Waals surface area (Å²) < 4.78 is 39.7. The minimum atomic E-state index is -3.44. The number of sulfonamides is 1. The first-order valence-electron chi connectivity index (χ1n) is 10.2. The Balaban J connectivity index is 1.99. The number of methoxy groups -OCH3 is 2. The largest absolute Gasteiger partial charge is 0.494 e. The molecule has 0 bridgehead atoms. The molecule has 0 radical (unpaired) electrons. The van der Waals surface area contributed by atoms with Crippen LogP contribution >= 0.6 is 0 Å². The van der Waals surface area contributed by atoms with Crippen LogP contribution in [0.3, 0.4) is 0 Å². The highest BCUT2D eigenvalue weighted by Crippen LogP contribution is 2.37. The molecule has 2 aromatic heterocycles. The summed E-state index contributed by atoms with van der Waals surface area (Å²) in [5.74, 6) is 0.0351. The maximum Gasteiger partial charge on any atom is 0.412 e. The predicted octanol–water partition coefficient (Wildman–Crippen LogP) is 1.21. The van der Waals surface area contributed by atoms with Gasteiger partial charge in [0.05, 0.1) is 44.0 Å². The maximum atomic E-state index is 12.3. The Labute approximate surface area is 206 Å². The van der Waals surface area contributed by atoms with Gasteiger partial charge in [-0.05, 0) is 12.1 Å². The van der Waals surface area contributed by atoms with Crippen LogP contribution in [0.1, 0.15) is 16.4 Å². The number of carbonyl (C=O) groups is 2. The zero-order valence-corrected chi connectivity index (χ0v) is 20.8. The summed E-state index contributed by atoms with van der Waals surface area (Å²) >= 11 is 0. The second-order valence-corrected chi connectivity index (χ2v) is 9.32. The molecule has 2 amide bonds. The van der Waals surface area contributed by atoms with E-state index in [0.29, 0.717) is 17.0 Å². The first-order valence-corrected chi connectivity index (χ1v) is 12.0. The van der Waals surface area contributed by atoms with Crippen molar-refractivity contribution in [2.75, 3.05) is 45.2 Å². The van der Waals surface area contributed by atoms with Gasteiger partial charge in [0, 0.05) is 20.2 Å². The summed E-state index contributed by atoms with van der Waals surface area (Å²) in [4.78, 5) is 28.2. The second kappa shape index (κ2) is 11.0. The molecule has 16 heteroatoms. The first-order chi connectivity index (χ1) is 17.1. The Hall–Kier alpha value is -4.31. The lowest BCUT2D eigenvalue weighted by Gasteiger charge is -2.15. The van der Waals surface area contributed by atoms with Gasteiger partial charge in [-0.1, -0.05) is 11.2 Å². The maximum absolute atomic E-state index is 12.3. The highest BCUT2D eigenvalue weighted by molar-refractivity contribution is 7.88. The van der Waals surface area contributed by atoms with Gasteiger partial charge in [0.1, 0.15) is 0 Å². The zero-order chi connectivity index (χ0) is 26.5. The molecule has 15 nitrogen and oxygen atoms in total. The molecule has 0 aliphatic carbocycles. The number of hydrogen-bond acceptors (Lipinski definition) is 12. The summed E-state index contributed by atoms with van der Waals surface area (Å²) in [6.45, 7) is -0.111. The molecule has 192 valence electrons. The zero-order valence-electron chi connectivity index (χ0n) is 20.0. The molecule has 0 aliphatic heterocycles. The Morgan fingerprint density at radius 1 is 1.17 bits per heavy atom. The van der Waals surface area contributed by atoms with Gasteiger partial charge in [0.2, 0.25) is 21.7 Å². The number of aromatic nitrogens is 4. The number of ether oxygens (including phenoxy) is 2. The van der Waals surface area contributed by atoms with E-state index in [1.807, 2.05) is 0 Å². The van der Waals surface area contributed by atoms with Gasteiger partial charge < -0.3 is 24.6 Å². The number of nitrogens with zero attached hydrogens (tertiary/aromatic N) is 5. The first kappa shape index (κ1) is 26.3. The fraction of sp³-hybridized carbons (Fsp3) is 0.300. The van der Waals surface area contributed by atoms with E-state index in [1.165, 1.54) is 34.4 Å². The summed E-state index contributed by atoms with van der Waals surface area (Å²) in [5, 5.41) is 19.5. The number of hydrogen-bond donors (Lipinski definition) is 3. The average Bonchev–Trinajstić information content (AvgIpc) is 3.31. The molecule has 0 spiro atoms. The van der Waals surface area contributed by atoms with Gasteiger partial charge >= 0.3 is 6.09 Å². The molecule has 0 atom stereocenters. The number of nitrogens with one attached hydrogen (secondary N) is 3. The van der Waals surface area contributed by atoms with Crippen molar-refractivity contribution in [1.82, 2.24) is 30.0 Å². The van der Waals surface area contributed by atoms with Crippen molar-refractivity contribution in [3.05, 3.63) is 35.9 Å². The minimum absolute atomic E-state index is 0.0323. The average molecular weight is 521 g/mol. The molecule has 0 aliphatic rings. The monoisotopic (exact) mass is 520 g/mol. The fourth-order valence-corrected chi connectivity index (χ4v) is 3.25. The summed E-state index contributed by atoms with van der Waals surface area (Å²) in [6, 6.07) is 6.42. The van der Waals surface area contributed by atoms with Gasteiger partial charge in [-0.25, -0.2) is 13.2 Å². The van der Waals surface area contributed by atoms with Crippen LogP contribution in [-0.4, -0.2) is 79.6 Å². The van der Waals surface area contributed by atoms with Crippen molar-refractivity contribution < 1.29 is 32.0 Å². The molecule has 36 heavy (non-hydrogen) atoms. The van der Waals surface area contributed by atoms with E-state index in [2.05, 4.69) is 41.0 Å². The Morgan fingerprint density at radius 2 is 1.92 bits per heavy atom. The van der Waals surface area contributed by atoms with Crippen molar-refractivity contribution in [2.24, 2.45) is 0 Å². The van der Waals surface area contributed by atoms with E-state index in [4.69, 9.17) is 9.26 Å². The predicted molar refractivity (Wildman–Crippen MR) is 127 cm³/mol. The summed E-state index contributed by atoms with van der Waals surface area (Å²) in [7, 11) is 2.00. The lowest BCUT2D eigenvalue weighted by molar-refractivity contribution is 0.0958. The lowest BCUT2D eigenvalue weighted by Crippen LogP contribution is -2.25. The van der Waals surface area contributed by atoms with E-state index < -0.39 is 22.0 Å². The number of para-hydroxylation sites is 1. The molecule has 0 fully saturated rings. The van der Waals surface area contributed by atoms with Crippen molar-refractivity contribution in [2.45, 2.75) is 6.54 Å².